The zero-order valence-electron chi connectivity index (χ0n) is 26.1. The van der Waals surface area contributed by atoms with Gasteiger partial charge in [-0.3, -0.25) is 0 Å². The molecule has 1 radical (unpaired) electrons. The van der Waals surface area contributed by atoms with E-state index in [2.05, 4.69) is 130 Å². The van der Waals surface area contributed by atoms with Crippen LogP contribution in [0.5, 0.6) is 0 Å². The molecule has 207 valence electrons. The number of hydrogen-bond donors (Lipinski definition) is 0. The van der Waals surface area contributed by atoms with Crippen molar-refractivity contribution in [2.45, 2.75) is 87.5 Å². The van der Waals surface area contributed by atoms with Gasteiger partial charge in [0.1, 0.15) is 0 Å². The molecule has 0 N–H and O–H groups in total. The fraction of sp³-hybridized carbons (Fsp3) is 0.333. The first-order valence-electron chi connectivity index (χ1n) is 14.6. The van der Waals surface area contributed by atoms with Gasteiger partial charge in [-0.2, -0.15) is 36.6 Å². The Bertz CT molecular complexity index is 1260. The van der Waals surface area contributed by atoms with Crippen molar-refractivity contribution in [3.05, 3.63) is 119 Å². The normalized spacial score (nSPS) is 10.8. The van der Waals surface area contributed by atoms with Crippen LogP contribution in [-0.2, 0) is 28.1 Å². The SMILES string of the molecule is Cc1cc(C)c(-c2c[c-]c3c(c2)-c2cc(-c4c(C)cc(C)cc4C)ccc2C3)c(C)c1.[CH2-]CCC.[CH2-]CCC.[Ti+3]. The Morgan fingerprint density at radius 1 is 0.625 bits per heavy atom. The predicted molar refractivity (Wildman–Crippen MR) is 173 cm³/mol. The van der Waals surface area contributed by atoms with E-state index in [1.165, 1.54) is 90.7 Å². The molecule has 0 heterocycles. The first kappa shape index (κ1) is 33.8. The molecule has 0 spiro atoms. The van der Waals surface area contributed by atoms with E-state index < -0.39 is 0 Å². The van der Waals surface area contributed by atoms with Gasteiger partial charge >= 0.3 is 21.7 Å². The minimum atomic E-state index is 0. The number of rotatable bonds is 4. The maximum absolute atomic E-state index is 3.62. The molecule has 0 nitrogen and oxygen atoms in total. The molecular formula is C39H47Ti. The molecule has 0 saturated heterocycles. The van der Waals surface area contributed by atoms with Gasteiger partial charge < -0.3 is 13.8 Å². The summed E-state index contributed by atoms with van der Waals surface area (Å²) in [6, 6.07) is 24.4. The van der Waals surface area contributed by atoms with E-state index in [9.17, 15) is 0 Å². The van der Waals surface area contributed by atoms with Gasteiger partial charge in [0.15, 0.2) is 0 Å². The van der Waals surface area contributed by atoms with Crippen molar-refractivity contribution in [2.24, 2.45) is 0 Å². The minimum Gasteiger partial charge on any atom is -0.343 e. The summed E-state index contributed by atoms with van der Waals surface area (Å²) in [4.78, 5) is 0. The number of fused-ring (bicyclic) bond motifs is 3. The van der Waals surface area contributed by atoms with Crippen molar-refractivity contribution in [1.82, 2.24) is 0 Å². The molecule has 1 aliphatic rings. The zero-order chi connectivity index (χ0) is 28.7. The summed E-state index contributed by atoms with van der Waals surface area (Å²) in [5, 5.41) is 0. The van der Waals surface area contributed by atoms with Gasteiger partial charge in [-0.15, -0.1) is 11.1 Å². The van der Waals surface area contributed by atoms with Crippen LogP contribution in [0.15, 0.2) is 54.6 Å². The molecule has 0 amide bonds. The molecule has 40 heavy (non-hydrogen) atoms. The van der Waals surface area contributed by atoms with Gasteiger partial charge in [-0.25, -0.2) is 0 Å². The molecule has 0 bridgehead atoms. The molecule has 0 unspecified atom stereocenters. The van der Waals surface area contributed by atoms with E-state index >= 15 is 0 Å². The fourth-order valence-corrected chi connectivity index (χ4v) is 5.66. The molecule has 1 aliphatic carbocycles. The molecule has 0 saturated carbocycles. The second-order valence-electron chi connectivity index (χ2n) is 11.1. The molecule has 1 heteroatoms. The Labute approximate surface area is 260 Å². The molecule has 0 fully saturated rings. The zero-order valence-corrected chi connectivity index (χ0v) is 27.7. The van der Waals surface area contributed by atoms with E-state index in [0.717, 1.165) is 19.3 Å². The topological polar surface area (TPSA) is 0 Å². The predicted octanol–water partition coefficient (Wildman–Crippen LogP) is 11.5. The van der Waals surface area contributed by atoms with Crippen molar-refractivity contribution in [2.75, 3.05) is 0 Å². The first-order chi connectivity index (χ1) is 18.6. The van der Waals surface area contributed by atoms with E-state index in [4.69, 9.17) is 0 Å². The summed E-state index contributed by atoms with van der Waals surface area (Å²) in [7, 11) is 0. The summed E-state index contributed by atoms with van der Waals surface area (Å²) < 4.78 is 0. The van der Waals surface area contributed by atoms with Gasteiger partial charge in [-0.1, -0.05) is 108 Å². The largest absolute Gasteiger partial charge is 3.00 e. The Morgan fingerprint density at radius 3 is 1.50 bits per heavy atom. The molecule has 5 rings (SSSR count). The van der Waals surface area contributed by atoms with Crippen LogP contribution >= 0.6 is 0 Å². The van der Waals surface area contributed by atoms with Crippen LogP contribution in [-0.4, -0.2) is 0 Å². The van der Waals surface area contributed by atoms with Gasteiger partial charge in [0.25, 0.3) is 0 Å². The standard InChI is InChI=1S/C31H29.2C4H9.Ti/c1-18-11-20(3)30(21(4)12-18)26-9-7-24-15-25-8-10-27(17-29(25)28(24)16-26)31-22(5)13-19(2)14-23(31)6;2*1-3-4-2;/h7,9-14,16-17H,15H2,1-6H3;2*1,3-4H2,2H3;/q3*-1;+3. The monoisotopic (exact) mass is 563 g/mol. The van der Waals surface area contributed by atoms with Crippen molar-refractivity contribution >= 4 is 0 Å². The summed E-state index contributed by atoms with van der Waals surface area (Å²) in [6.45, 7) is 24.7. The van der Waals surface area contributed by atoms with Gasteiger partial charge in [0.05, 0.1) is 0 Å². The average Bonchev–Trinajstić information content (AvgIpc) is 3.25. The van der Waals surface area contributed by atoms with Gasteiger partial charge in [0.2, 0.25) is 0 Å². The van der Waals surface area contributed by atoms with Gasteiger partial charge in [-0.05, 0) is 70.2 Å². The maximum Gasteiger partial charge on any atom is 3.00 e. The molecule has 4 aromatic rings. The van der Waals surface area contributed by atoms with Crippen molar-refractivity contribution in [1.29, 1.82) is 0 Å². The summed E-state index contributed by atoms with van der Waals surface area (Å²) in [5.74, 6) is 0. The van der Waals surface area contributed by atoms with Crippen molar-refractivity contribution in [3.8, 4) is 33.4 Å². The van der Waals surface area contributed by atoms with E-state index in [0.29, 0.717) is 0 Å². The van der Waals surface area contributed by atoms with E-state index in [1.807, 2.05) is 0 Å². The van der Waals surface area contributed by atoms with Crippen LogP contribution in [0, 0.1) is 61.5 Å². The number of unbranched alkanes of at least 4 members (excludes halogenated alkanes) is 2. The molecule has 0 aliphatic heterocycles. The summed E-state index contributed by atoms with van der Waals surface area (Å²) >= 11 is 0. The molecular weight excluding hydrogens is 516 g/mol. The second kappa shape index (κ2) is 15.6. The third kappa shape index (κ3) is 7.87. The summed E-state index contributed by atoms with van der Waals surface area (Å²) in [5.41, 5.74) is 18.8. The van der Waals surface area contributed by atoms with Crippen LogP contribution in [0.1, 0.15) is 84.0 Å². The third-order valence-corrected chi connectivity index (χ3v) is 7.43. The maximum atomic E-state index is 3.62. The van der Waals surface area contributed by atoms with Gasteiger partial charge in [0, 0.05) is 0 Å². The third-order valence-electron chi connectivity index (χ3n) is 7.43. The van der Waals surface area contributed by atoms with E-state index in [-0.39, 0.29) is 21.7 Å². The molecule has 4 aromatic carbocycles. The quantitative estimate of drug-likeness (QED) is 0.151. The Morgan fingerprint density at radius 2 is 1.05 bits per heavy atom. The Hall–Kier alpha value is -2.41. The second-order valence-corrected chi connectivity index (χ2v) is 11.1. The van der Waals surface area contributed by atoms with Crippen LogP contribution in [0.4, 0.5) is 0 Å². The number of hydrogen-bond acceptors (Lipinski definition) is 0. The molecule has 0 atom stereocenters. The Balaban J connectivity index is 0.000000554. The molecule has 0 aromatic heterocycles. The van der Waals surface area contributed by atoms with Crippen molar-refractivity contribution in [3.63, 3.8) is 0 Å². The van der Waals surface area contributed by atoms with E-state index in [1.54, 1.807) is 0 Å². The van der Waals surface area contributed by atoms with Crippen LogP contribution < -0.4 is 0 Å². The smallest absolute Gasteiger partial charge is 0.343 e. The van der Waals surface area contributed by atoms with Crippen LogP contribution in [0.25, 0.3) is 33.4 Å². The fourth-order valence-electron chi connectivity index (χ4n) is 5.66. The number of aryl methyl sites for hydroxylation is 6. The summed E-state index contributed by atoms with van der Waals surface area (Å²) in [6.07, 6.45) is 5.53. The van der Waals surface area contributed by atoms with Crippen LogP contribution in [0.2, 0.25) is 0 Å². The Kier molecular flexibility index (Phi) is 13.1. The number of benzene rings is 4. The van der Waals surface area contributed by atoms with Crippen LogP contribution in [0.3, 0.4) is 0 Å². The first-order valence-corrected chi connectivity index (χ1v) is 14.6. The minimum absolute atomic E-state index is 0. The van der Waals surface area contributed by atoms with Crippen molar-refractivity contribution < 1.29 is 21.7 Å². The average molecular weight is 564 g/mol.